The fourth-order valence-electron chi connectivity index (χ4n) is 2.90. The molecule has 0 atom stereocenters. The Bertz CT molecular complexity index is 554. The zero-order chi connectivity index (χ0) is 15.0. The van der Waals surface area contributed by atoms with Gasteiger partial charge in [-0.15, -0.1) is 0 Å². The largest absolute Gasteiger partial charge is 0.337 e. The lowest BCUT2D eigenvalue weighted by Gasteiger charge is -2.42. The average Bonchev–Trinajstić information content (AvgIpc) is 2.79. The van der Waals surface area contributed by atoms with Gasteiger partial charge in [-0.3, -0.25) is 0 Å². The highest BCUT2D eigenvalue weighted by Crippen LogP contribution is 2.35. The number of likely N-dealkylation sites (N-methyl/N-ethyl adjacent to an activating group) is 1. The van der Waals surface area contributed by atoms with Gasteiger partial charge < -0.3 is 10.3 Å². The van der Waals surface area contributed by atoms with Crippen LogP contribution in [-0.4, -0.2) is 41.4 Å². The van der Waals surface area contributed by atoms with Crippen molar-refractivity contribution in [2.24, 2.45) is 12.8 Å². The number of aromatic nitrogens is 2. The van der Waals surface area contributed by atoms with Gasteiger partial charge in [-0.1, -0.05) is 19.3 Å². The monoisotopic (exact) mass is 300 g/mol. The normalized spacial score (nSPS) is 19.4. The minimum Gasteiger partial charge on any atom is -0.337 e. The van der Waals surface area contributed by atoms with Gasteiger partial charge >= 0.3 is 0 Å². The molecule has 2 rings (SSSR count). The Morgan fingerprint density at radius 1 is 1.40 bits per heavy atom. The summed E-state index contributed by atoms with van der Waals surface area (Å²) in [6.45, 7) is 2.15. The van der Waals surface area contributed by atoms with E-state index in [0.29, 0.717) is 12.4 Å². The van der Waals surface area contributed by atoms with Gasteiger partial charge in [0.2, 0.25) is 0 Å². The Hall–Kier alpha value is -0.920. The van der Waals surface area contributed by atoms with Crippen molar-refractivity contribution in [3.63, 3.8) is 0 Å². The molecule has 1 aromatic rings. The van der Waals surface area contributed by atoms with Gasteiger partial charge in [0.05, 0.1) is 0 Å². The number of aryl methyl sites for hydroxylation is 2. The summed E-state index contributed by atoms with van der Waals surface area (Å²) in [4.78, 5) is 4.16. The van der Waals surface area contributed by atoms with Crippen LogP contribution >= 0.6 is 0 Å². The Kier molecular flexibility index (Phi) is 4.22. The van der Waals surface area contributed by atoms with E-state index in [4.69, 9.17) is 5.73 Å². The first kappa shape index (κ1) is 15.5. The molecule has 114 valence electrons. The van der Waals surface area contributed by atoms with E-state index in [1.54, 1.807) is 31.8 Å². The van der Waals surface area contributed by atoms with E-state index >= 15 is 0 Å². The Balaban J connectivity index is 2.37. The first-order valence-electron chi connectivity index (χ1n) is 7.02. The maximum Gasteiger partial charge on any atom is 0.262 e. The van der Waals surface area contributed by atoms with E-state index in [0.717, 1.165) is 32.1 Å². The molecule has 1 saturated carbocycles. The van der Waals surface area contributed by atoms with Crippen molar-refractivity contribution >= 4 is 10.0 Å². The van der Waals surface area contributed by atoms with Crippen LogP contribution in [0.3, 0.4) is 0 Å². The minimum atomic E-state index is -3.59. The molecule has 0 spiro atoms. The van der Waals surface area contributed by atoms with Gasteiger partial charge in [-0.25, -0.2) is 13.4 Å². The summed E-state index contributed by atoms with van der Waals surface area (Å²) >= 11 is 0. The van der Waals surface area contributed by atoms with Crippen LogP contribution < -0.4 is 5.73 Å². The topological polar surface area (TPSA) is 81.2 Å². The molecule has 1 heterocycles. The molecule has 20 heavy (non-hydrogen) atoms. The Morgan fingerprint density at radius 3 is 2.45 bits per heavy atom. The molecule has 1 fully saturated rings. The van der Waals surface area contributed by atoms with Crippen LogP contribution in [0, 0.1) is 6.92 Å². The van der Waals surface area contributed by atoms with Crippen molar-refractivity contribution in [3.05, 3.63) is 12.0 Å². The molecule has 1 aliphatic carbocycles. The summed E-state index contributed by atoms with van der Waals surface area (Å²) in [6.07, 6.45) is 6.42. The summed E-state index contributed by atoms with van der Waals surface area (Å²) in [5.74, 6) is 0.683. The molecular weight excluding hydrogens is 276 g/mol. The third kappa shape index (κ3) is 2.49. The number of rotatable bonds is 4. The van der Waals surface area contributed by atoms with Crippen LogP contribution in [-0.2, 0) is 17.1 Å². The summed E-state index contributed by atoms with van der Waals surface area (Å²) in [5.41, 5.74) is 5.46. The number of imidazole rings is 1. The van der Waals surface area contributed by atoms with Crippen molar-refractivity contribution in [2.75, 3.05) is 13.6 Å². The average molecular weight is 300 g/mol. The predicted octanol–water partition coefficient (Wildman–Crippen LogP) is 1.01. The van der Waals surface area contributed by atoms with Crippen LogP contribution in [0.4, 0.5) is 0 Å². The van der Waals surface area contributed by atoms with Crippen LogP contribution in [0.25, 0.3) is 0 Å². The second-order valence-electron chi connectivity index (χ2n) is 5.70. The van der Waals surface area contributed by atoms with Crippen molar-refractivity contribution < 1.29 is 8.42 Å². The molecule has 0 radical (unpaired) electrons. The molecule has 1 aromatic heterocycles. The highest BCUT2D eigenvalue weighted by Gasteiger charge is 2.42. The first-order chi connectivity index (χ1) is 9.33. The zero-order valence-corrected chi connectivity index (χ0v) is 13.3. The van der Waals surface area contributed by atoms with E-state index in [9.17, 15) is 8.42 Å². The summed E-state index contributed by atoms with van der Waals surface area (Å²) in [5, 5.41) is 0.110. The van der Waals surface area contributed by atoms with E-state index in [2.05, 4.69) is 4.98 Å². The van der Waals surface area contributed by atoms with Crippen LogP contribution in [0.1, 0.15) is 37.9 Å². The van der Waals surface area contributed by atoms with Gasteiger partial charge in [-0.2, -0.15) is 4.31 Å². The fourth-order valence-corrected chi connectivity index (χ4v) is 4.49. The number of sulfonamides is 1. The van der Waals surface area contributed by atoms with Gasteiger partial charge in [-0.05, 0) is 19.8 Å². The van der Waals surface area contributed by atoms with Crippen molar-refractivity contribution in [1.82, 2.24) is 13.9 Å². The summed E-state index contributed by atoms with van der Waals surface area (Å²) in [7, 11) is -0.161. The maximum atomic E-state index is 12.8. The molecule has 0 aromatic carbocycles. The second kappa shape index (κ2) is 5.46. The summed E-state index contributed by atoms with van der Waals surface area (Å²) < 4.78 is 28.7. The molecule has 2 N–H and O–H groups in total. The number of hydrogen-bond acceptors (Lipinski definition) is 4. The Morgan fingerprint density at radius 2 is 2.00 bits per heavy atom. The van der Waals surface area contributed by atoms with Crippen LogP contribution in [0.2, 0.25) is 0 Å². The fraction of sp³-hybridized carbons (Fsp3) is 0.769. The van der Waals surface area contributed by atoms with Gasteiger partial charge in [0.25, 0.3) is 10.0 Å². The summed E-state index contributed by atoms with van der Waals surface area (Å²) in [6, 6.07) is 0. The number of nitrogens with zero attached hydrogens (tertiary/aromatic N) is 3. The molecule has 0 amide bonds. The first-order valence-corrected chi connectivity index (χ1v) is 8.46. The molecule has 0 unspecified atom stereocenters. The molecule has 7 heteroatoms. The van der Waals surface area contributed by atoms with Crippen molar-refractivity contribution in [2.45, 2.75) is 49.6 Å². The maximum absolute atomic E-state index is 12.8. The van der Waals surface area contributed by atoms with Gasteiger partial charge in [0.15, 0.2) is 5.03 Å². The lowest BCUT2D eigenvalue weighted by molar-refractivity contribution is 0.159. The van der Waals surface area contributed by atoms with Crippen LogP contribution in [0.15, 0.2) is 11.2 Å². The highest BCUT2D eigenvalue weighted by molar-refractivity contribution is 7.89. The SMILES string of the molecule is Cc1nc(S(=O)(=O)N(C)C2(CN)CCCCC2)cn1C. The zero-order valence-electron chi connectivity index (χ0n) is 12.5. The lowest BCUT2D eigenvalue weighted by atomic mass is 9.82. The third-order valence-electron chi connectivity index (χ3n) is 4.54. The number of hydrogen-bond donors (Lipinski definition) is 1. The smallest absolute Gasteiger partial charge is 0.262 e. The Labute approximate surface area is 121 Å². The second-order valence-corrected chi connectivity index (χ2v) is 7.62. The van der Waals surface area contributed by atoms with E-state index < -0.39 is 15.6 Å². The molecule has 0 aliphatic heterocycles. The van der Waals surface area contributed by atoms with E-state index in [1.807, 2.05) is 0 Å². The van der Waals surface area contributed by atoms with Gasteiger partial charge in [0, 0.05) is 32.4 Å². The third-order valence-corrected chi connectivity index (χ3v) is 6.38. The van der Waals surface area contributed by atoms with Crippen molar-refractivity contribution in [3.8, 4) is 0 Å². The molecule has 1 aliphatic rings. The molecular formula is C13H24N4O2S. The van der Waals surface area contributed by atoms with E-state index in [1.165, 1.54) is 4.31 Å². The minimum absolute atomic E-state index is 0.110. The van der Waals surface area contributed by atoms with Crippen molar-refractivity contribution in [1.29, 1.82) is 0 Å². The lowest BCUT2D eigenvalue weighted by Crippen LogP contribution is -2.55. The van der Waals surface area contributed by atoms with Gasteiger partial charge in [0.1, 0.15) is 5.82 Å². The molecule has 0 saturated heterocycles. The standard InChI is InChI=1S/C13H24N4O2S/c1-11-15-12(9-16(11)2)20(18,19)17(3)13(10-14)7-5-4-6-8-13/h9H,4-8,10,14H2,1-3H3. The highest BCUT2D eigenvalue weighted by atomic mass is 32.2. The predicted molar refractivity (Wildman–Crippen MR) is 77.8 cm³/mol. The quantitative estimate of drug-likeness (QED) is 0.900. The van der Waals surface area contributed by atoms with E-state index in [-0.39, 0.29) is 5.03 Å². The number of nitrogens with two attached hydrogens (primary N) is 1. The van der Waals surface area contributed by atoms with Crippen LogP contribution in [0.5, 0.6) is 0 Å². The molecule has 6 nitrogen and oxygen atoms in total. The molecule has 0 bridgehead atoms.